The van der Waals surface area contributed by atoms with Crippen molar-refractivity contribution in [1.29, 1.82) is 5.26 Å². The second kappa shape index (κ2) is 8.37. The molecule has 1 aromatic carbocycles. The van der Waals surface area contributed by atoms with Crippen LogP contribution in [0.15, 0.2) is 23.1 Å². The molecule has 0 aromatic heterocycles. The average Bonchev–Trinajstić information content (AvgIpc) is 3.14. The first-order chi connectivity index (χ1) is 12.8. The maximum Gasteiger partial charge on any atom is 0.338 e. The number of nitrogens with zero attached hydrogens (tertiary/aromatic N) is 1. The minimum absolute atomic E-state index is 0.0479. The summed E-state index contributed by atoms with van der Waals surface area (Å²) in [6.45, 7) is -0.567. The van der Waals surface area contributed by atoms with Crippen LogP contribution in [-0.2, 0) is 19.6 Å². The maximum absolute atomic E-state index is 12.2. The molecule has 0 unspecified atom stereocenters. The zero-order valence-corrected chi connectivity index (χ0v) is 15.9. The van der Waals surface area contributed by atoms with Crippen molar-refractivity contribution in [2.24, 2.45) is 0 Å². The fraction of sp³-hybridized carbons (Fsp3) is 0.471. The molecule has 9 nitrogen and oxygen atoms in total. The number of amides is 1. The number of carbonyl (C=O) groups excluding carboxylic acids is 2. The number of rotatable bonds is 7. The van der Waals surface area contributed by atoms with Crippen LogP contribution < -0.4 is 14.8 Å². The molecule has 2 rings (SSSR count). The van der Waals surface area contributed by atoms with Crippen molar-refractivity contribution in [3.63, 3.8) is 0 Å². The summed E-state index contributed by atoms with van der Waals surface area (Å²) in [6.07, 6.45) is 2.82. The van der Waals surface area contributed by atoms with Gasteiger partial charge in [-0.3, -0.25) is 4.79 Å². The van der Waals surface area contributed by atoms with E-state index in [-0.39, 0.29) is 16.2 Å². The zero-order chi connectivity index (χ0) is 20.1. The van der Waals surface area contributed by atoms with Gasteiger partial charge in [0, 0.05) is 0 Å². The van der Waals surface area contributed by atoms with Crippen molar-refractivity contribution in [3.8, 4) is 11.8 Å². The van der Waals surface area contributed by atoms with Crippen molar-refractivity contribution in [1.82, 2.24) is 10.0 Å². The predicted octanol–water partition coefficient (Wildman–Crippen LogP) is 0.713. The molecule has 1 saturated carbocycles. The van der Waals surface area contributed by atoms with E-state index >= 15 is 0 Å². The lowest BCUT2D eigenvalue weighted by Crippen LogP contribution is -2.46. The molecular formula is C17H21N3O6S. The monoisotopic (exact) mass is 395 g/mol. The number of hydrogen-bond acceptors (Lipinski definition) is 7. The second-order valence-corrected chi connectivity index (χ2v) is 7.95. The molecule has 0 spiro atoms. The molecule has 1 aliphatic rings. The summed E-state index contributed by atoms with van der Waals surface area (Å²) >= 11 is 0. The van der Waals surface area contributed by atoms with Gasteiger partial charge >= 0.3 is 5.97 Å². The van der Waals surface area contributed by atoms with E-state index in [0.29, 0.717) is 12.8 Å². The molecule has 2 N–H and O–H groups in total. The Labute approximate surface area is 157 Å². The van der Waals surface area contributed by atoms with Gasteiger partial charge in [0.15, 0.2) is 6.61 Å². The van der Waals surface area contributed by atoms with E-state index in [1.54, 1.807) is 0 Å². The van der Waals surface area contributed by atoms with Crippen LogP contribution in [-0.4, -0.2) is 46.6 Å². The van der Waals surface area contributed by atoms with Crippen molar-refractivity contribution in [2.45, 2.75) is 36.1 Å². The number of esters is 1. The highest BCUT2D eigenvalue weighted by Crippen LogP contribution is 2.29. The molecule has 0 heterocycles. The Morgan fingerprint density at radius 3 is 2.52 bits per heavy atom. The van der Waals surface area contributed by atoms with Gasteiger partial charge in [-0.05, 0) is 50.9 Å². The SMILES string of the molecule is CNS(=O)(=O)c1cc(C(=O)OCC(=O)NC2(C#N)CCCC2)ccc1OC. The Balaban J connectivity index is 2.07. The summed E-state index contributed by atoms with van der Waals surface area (Å²) in [6, 6.07) is 5.88. The van der Waals surface area contributed by atoms with E-state index in [9.17, 15) is 23.3 Å². The minimum Gasteiger partial charge on any atom is -0.495 e. The van der Waals surface area contributed by atoms with Crippen molar-refractivity contribution < 1.29 is 27.5 Å². The molecule has 0 aliphatic heterocycles. The first kappa shape index (κ1) is 20.7. The fourth-order valence-electron chi connectivity index (χ4n) is 2.88. The fourth-order valence-corrected chi connectivity index (χ4v) is 3.80. The van der Waals surface area contributed by atoms with Gasteiger partial charge in [0.05, 0.1) is 18.7 Å². The number of hydrogen-bond donors (Lipinski definition) is 2. The molecule has 1 amide bonds. The van der Waals surface area contributed by atoms with Crippen LogP contribution in [0, 0.1) is 11.3 Å². The quantitative estimate of drug-likeness (QED) is 0.649. The summed E-state index contributed by atoms with van der Waals surface area (Å²) < 4.78 is 36.2. The predicted molar refractivity (Wildman–Crippen MR) is 94.5 cm³/mol. The van der Waals surface area contributed by atoms with Gasteiger partial charge in [-0.1, -0.05) is 0 Å². The highest BCUT2D eigenvalue weighted by atomic mass is 32.2. The maximum atomic E-state index is 12.2. The van der Waals surface area contributed by atoms with Crippen LogP contribution in [0.2, 0.25) is 0 Å². The summed E-state index contributed by atoms with van der Waals surface area (Å²) in [5.41, 5.74) is -0.953. The molecular weight excluding hydrogens is 374 g/mol. The van der Waals surface area contributed by atoms with Crippen molar-refractivity contribution >= 4 is 21.9 Å². The van der Waals surface area contributed by atoms with E-state index in [0.717, 1.165) is 18.9 Å². The molecule has 1 aromatic rings. The Bertz CT molecular complexity index is 869. The van der Waals surface area contributed by atoms with E-state index in [1.165, 1.54) is 26.3 Å². The number of methoxy groups -OCH3 is 1. The third-order valence-corrected chi connectivity index (χ3v) is 5.78. The van der Waals surface area contributed by atoms with Gasteiger partial charge < -0.3 is 14.8 Å². The smallest absolute Gasteiger partial charge is 0.338 e. The Hall–Kier alpha value is -2.64. The number of nitriles is 1. The second-order valence-electron chi connectivity index (χ2n) is 6.10. The van der Waals surface area contributed by atoms with Gasteiger partial charge in [0.1, 0.15) is 16.2 Å². The first-order valence-electron chi connectivity index (χ1n) is 8.28. The number of sulfonamides is 1. The van der Waals surface area contributed by atoms with Crippen molar-refractivity contribution in [2.75, 3.05) is 20.8 Å². The lowest BCUT2D eigenvalue weighted by Gasteiger charge is -2.21. The lowest BCUT2D eigenvalue weighted by atomic mass is 10.00. The van der Waals surface area contributed by atoms with E-state index in [1.807, 2.05) is 0 Å². The average molecular weight is 395 g/mol. The topological polar surface area (TPSA) is 135 Å². The van der Waals surface area contributed by atoms with E-state index in [4.69, 9.17) is 9.47 Å². The highest BCUT2D eigenvalue weighted by molar-refractivity contribution is 7.89. The summed E-state index contributed by atoms with van der Waals surface area (Å²) in [4.78, 5) is 24.0. The number of benzene rings is 1. The Kier molecular flexibility index (Phi) is 6.41. The minimum atomic E-state index is -3.85. The molecule has 10 heteroatoms. The third-order valence-electron chi connectivity index (χ3n) is 4.34. The summed E-state index contributed by atoms with van der Waals surface area (Å²) in [5.74, 6) is -1.38. The van der Waals surface area contributed by atoms with Crippen LogP contribution in [0.3, 0.4) is 0 Å². The highest BCUT2D eigenvalue weighted by Gasteiger charge is 2.35. The van der Waals surface area contributed by atoms with Crippen LogP contribution in [0.5, 0.6) is 5.75 Å². The molecule has 0 radical (unpaired) electrons. The van der Waals surface area contributed by atoms with Crippen LogP contribution >= 0.6 is 0 Å². The lowest BCUT2D eigenvalue weighted by molar-refractivity contribution is -0.125. The molecule has 0 saturated heterocycles. The molecule has 1 fully saturated rings. The van der Waals surface area contributed by atoms with E-state index < -0.39 is 34.0 Å². The van der Waals surface area contributed by atoms with Crippen molar-refractivity contribution in [3.05, 3.63) is 23.8 Å². The van der Waals surface area contributed by atoms with Gasteiger partial charge in [0.25, 0.3) is 5.91 Å². The van der Waals surface area contributed by atoms with Crippen LogP contribution in [0.25, 0.3) is 0 Å². The Morgan fingerprint density at radius 2 is 1.96 bits per heavy atom. The molecule has 0 bridgehead atoms. The third kappa shape index (κ3) is 4.75. The Morgan fingerprint density at radius 1 is 1.30 bits per heavy atom. The van der Waals surface area contributed by atoms with E-state index in [2.05, 4.69) is 16.1 Å². The number of nitrogens with one attached hydrogen (secondary N) is 2. The first-order valence-corrected chi connectivity index (χ1v) is 9.76. The molecule has 146 valence electrons. The van der Waals surface area contributed by atoms with Crippen LogP contribution in [0.1, 0.15) is 36.0 Å². The van der Waals surface area contributed by atoms with Gasteiger partial charge in [-0.2, -0.15) is 5.26 Å². The summed E-state index contributed by atoms with van der Waals surface area (Å²) in [5, 5.41) is 11.9. The van der Waals surface area contributed by atoms with Gasteiger partial charge in [0.2, 0.25) is 10.0 Å². The zero-order valence-electron chi connectivity index (χ0n) is 15.1. The largest absolute Gasteiger partial charge is 0.495 e. The van der Waals surface area contributed by atoms with Gasteiger partial charge in [-0.15, -0.1) is 0 Å². The number of carbonyl (C=O) groups is 2. The van der Waals surface area contributed by atoms with Crippen LogP contribution in [0.4, 0.5) is 0 Å². The molecule has 27 heavy (non-hydrogen) atoms. The van der Waals surface area contributed by atoms with Gasteiger partial charge in [-0.25, -0.2) is 17.9 Å². The molecule has 1 aliphatic carbocycles. The summed E-state index contributed by atoms with van der Waals surface area (Å²) in [7, 11) is -1.31. The normalized spacial score (nSPS) is 15.6. The number of ether oxygens (including phenoxy) is 2. The standard InChI is InChI=1S/C17H21N3O6S/c1-19-27(23,24)14-9-12(5-6-13(14)25-2)16(22)26-10-15(21)20-17(11-18)7-3-4-8-17/h5-6,9,19H,3-4,7-8,10H2,1-2H3,(H,20,21). The molecule has 0 atom stereocenters.